The van der Waals surface area contributed by atoms with Crippen molar-refractivity contribution in [3.63, 3.8) is 0 Å². The Bertz CT molecular complexity index is 1100. The van der Waals surface area contributed by atoms with E-state index in [2.05, 4.69) is 0 Å². The molecule has 0 unspecified atom stereocenters. The number of nitro groups is 1. The molecule has 1 fully saturated rings. The molecule has 0 aliphatic carbocycles. The molecule has 0 radical (unpaired) electrons. The molecule has 1 amide bonds. The normalized spacial score (nSPS) is 14.8. The number of nitrogens with zero attached hydrogens (tertiary/aromatic N) is 3. The summed E-state index contributed by atoms with van der Waals surface area (Å²) in [6.07, 6.45) is 0. The number of sulfonamides is 1. The zero-order valence-electron chi connectivity index (χ0n) is 16.1. The fourth-order valence-corrected chi connectivity index (χ4v) is 4.58. The van der Waals surface area contributed by atoms with E-state index in [0.29, 0.717) is 5.02 Å². The molecular weight excluding hydrogens is 450 g/mol. The van der Waals surface area contributed by atoms with Gasteiger partial charge in [-0.25, -0.2) is 13.2 Å². The Kier molecular flexibility index (Phi) is 6.88. The molecule has 3 rings (SSSR count). The number of rotatable bonds is 6. The molecule has 12 heteroatoms. The van der Waals surface area contributed by atoms with Gasteiger partial charge in [-0.05, 0) is 30.3 Å². The van der Waals surface area contributed by atoms with Crippen LogP contribution in [0.1, 0.15) is 10.4 Å². The third-order valence-corrected chi connectivity index (χ3v) is 6.86. The predicted octanol–water partition coefficient (Wildman–Crippen LogP) is 1.94. The van der Waals surface area contributed by atoms with Gasteiger partial charge < -0.3 is 9.64 Å². The molecule has 1 saturated heterocycles. The zero-order chi connectivity index (χ0) is 22.6. The Labute approximate surface area is 183 Å². The molecule has 1 heterocycles. The van der Waals surface area contributed by atoms with Gasteiger partial charge in [-0.1, -0.05) is 23.7 Å². The quantitative estimate of drug-likeness (QED) is 0.361. The highest BCUT2D eigenvalue weighted by Gasteiger charge is 2.30. The van der Waals surface area contributed by atoms with E-state index in [4.69, 9.17) is 16.3 Å². The highest BCUT2D eigenvalue weighted by Crippen LogP contribution is 2.21. The fourth-order valence-electron chi connectivity index (χ4n) is 3.04. The molecule has 0 saturated carbocycles. The van der Waals surface area contributed by atoms with Crippen molar-refractivity contribution < 1.29 is 27.7 Å². The van der Waals surface area contributed by atoms with Crippen LogP contribution in [0, 0.1) is 10.1 Å². The Morgan fingerprint density at radius 2 is 1.65 bits per heavy atom. The molecule has 164 valence electrons. The number of carbonyl (C=O) groups is 2. The maximum absolute atomic E-state index is 12.7. The Balaban J connectivity index is 1.55. The Hall–Kier alpha value is -3.02. The van der Waals surface area contributed by atoms with E-state index in [1.54, 1.807) is 0 Å². The van der Waals surface area contributed by atoms with Crippen LogP contribution in [0.4, 0.5) is 5.69 Å². The number of nitro benzene ring substituents is 1. The van der Waals surface area contributed by atoms with Crippen LogP contribution in [-0.4, -0.2) is 67.2 Å². The lowest BCUT2D eigenvalue weighted by molar-refractivity contribution is -0.385. The number of esters is 1. The second-order valence-electron chi connectivity index (χ2n) is 6.59. The summed E-state index contributed by atoms with van der Waals surface area (Å²) >= 11 is 5.79. The first-order chi connectivity index (χ1) is 14.7. The van der Waals surface area contributed by atoms with E-state index >= 15 is 0 Å². The van der Waals surface area contributed by atoms with Crippen molar-refractivity contribution >= 4 is 39.2 Å². The molecule has 1 aliphatic rings. The van der Waals surface area contributed by atoms with Crippen LogP contribution < -0.4 is 0 Å². The minimum atomic E-state index is -3.72. The molecule has 10 nitrogen and oxygen atoms in total. The number of carbonyl (C=O) groups excluding carboxylic acids is 2. The lowest BCUT2D eigenvalue weighted by Crippen LogP contribution is -2.51. The van der Waals surface area contributed by atoms with Gasteiger partial charge in [0.2, 0.25) is 10.0 Å². The van der Waals surface area contributed by atoms with Gasteiger partial charge in [-0.3, -0.25) is 14.9 Å². The number of hydrogen-bond acceptors (Lipinski definition) is 7. The van der Waals surface area contributed by atoms with Crippen molar-refractivity contribution in [2.24, 2.45) is 0 Å². The van der Waals surface area contributed by atoms with E-state index in [1.165, 1.54) is 57.7 Å². The molecule has 1 aliphatic heterocycles. The summed E-state index contributed by atoms with van der Waals surface area (Å²) < 4.78 is 31.6. The van der Waals surface area contributed by atoms with Crippen molar-refractivity contribution in [2.75, 3.05) is 32.8 Å². The van der Waals surface area contributed by atoms with Crippen LogP contribution in [0.3, 0.4) is 0 Å². The minimum Gasteiger partial charge on any atom is -0.452 e. The molecule has 2 aromatic rings. The lowest BCUT2D eigenvalue weighted by atomic mass is 10.2. The summed E-state index contributed by atoms with van der Waals surface area (Å²) in [6.45, 7) is -0.207. The number of ether oxygens (including phenoxy) is 1. The minimum absolute atomic E-state index is 0.0782. The predicted molar refractivity (Wildman–Crippen MR) is 110 cm³/mol. The summed E-state index contributed by atoms with van der Waals surface area (Å²) in [7, 11) is -3.72. The van der Waals surface area contributed by atoms with Gasteiger partial charge in [-0.2, -0.15) is 4.31 Å². The smallest absolute Gasteiger partial charge is 0.345 e. The van der Waals surface area contributed by atoms with Gasteiger partial charge in [0.25, 0.3) is 11.6 Å². The van der Waals surface area contributed by atoms with Gasteiger partial charge in [-0.15, -0.1) is 0 Å². The zero-order valence-corrected chi connectivity index (χ0v) is 17.7. The van der Waals surface area contributed by atoms with Crippen LogP contribution in [0.5, 0.6) is 0 Å². The number of halogens is 1. The van der Waals surface area contributed by atoms with Gasteiger partial charge >= 0.3 is 5.97 Å². The average Bonchev–Trinajstić information content (AvgIpc) is 2.77. The first-order valence-electron chi connectivity index (χ1n) is 9.14. The third kappa shape index (κ3) is 5.19. The molecule has 2 aromatic carbocycles. The van der Waals surface area contributed by atoms with Crippen molar-refractivity contribution in [1.29, 1.82) is 0 Å². The van der Waals surface area contributed by atoms with E-state index in [-0.39, 0.29) is 36.6 Å². The number of amides is 1. The van der Waals surface area contributed by atoms with Crippen molar-refractivity contribution in [3.05, 3.63) is 69.2 Å². The number of piperazine rings is 1. The number of benzene rings is 2. The lowest BCUT2D eigenvalue weighted by Gasteiger charge is -2.33. The third-order valence-electron chi connectivity index (χ3n) is 4.69. The largest absolute Gasteiger partial charge is 0.452 e. The standard InChI is InChI=1S/C19H18ClN3O7S/c20-14-5-7-15(8-6-14)31(28,29)22-11-9-21(10-12-22)18(24)13-30-19(25)16-3-1-2-4-17(16)23(26)27/h1-8H,9-13H2. The van der Waals surface area contributed by atoms with Crippen LogP contribution in [0.15, 0.2) is 53.4 Å². The van der Waals surface area contributed by atoms with Gasteiger partial charge in [0, 0.05) is 37.3 Å². The molecule has 0 atom stereocenters. The number of para-hydroxylation sites is 1. The van der Waals surface area contributed by atoms with Crippen molar-refractivity contribution in [1.82, 2.24) is 9.21 Å². The van der Waals surface area contributed by atoms with E-state index in [1.807, 2.05) is 0 Å². The van der Waals surface area contributed by atoms with E-state index in [9.17, 15) is 28.1 Å². The summed E-state index contributed by atoms with van der Waals surface area (Å²) in [6, 6.07) is 11.1. The number of hydrogen-bond donors (Lipinski definition) is 0. The molecule has 0 bridgehead atoms. The summed E-state index contributed by atoms with van der Waals surface area (Å²) in [4.78, 5) is 36.3. The fraction of sp³-hybridized carbons (Fsp3) is 0.263. The monoisotopic (exact) mass is 467 g/mol. The summed E-state index contributed by atoms with van der Waals surface area (Å²) in [5, 5.41) is 11.4. The Morgan fingerprint density at radius 1 is 1.03 bits per heavy atom. The molecule has 0 aromatic heterocycles. The highest BCUT2D eigenvalue weighted by molar-refractivity contribution is 7.89. The first kappa shape index (κ1) is 22.7. The van der Waals surface area contributed by atoms with Crippen LogP contribution in [-0.2, 0) is 19.6 Å². The maximum Gasteiger partial charge on any atom is 0.345 e. The average molecular weight is 468 g/mol. The van der Waals surface area contributed by atoms with E-state index in [0.717, 1.165) is 0 Å². The maximum atomic E-state index is 12.7. The van der Waals surface area contributed by atoms with Gasteiger partial charge in [0.1, 0.15) is 5.56 Å². The molecule has 31 heavy (non-hydrogen) atoms. The van der Waals surface area contributed by atoms with Crippen molar-refractivity contribution in [3.8, 4) is 0 Å². The van der Waals surface area contributed by atoms with Crippen LogP contribution in [0.25, 0.3) is 0 Å². The highest BCUT2D eigenvalue weighted by atomic mass is 35.5. The topological polar surface area (TPSA) is 127 Å². The van der Waals surface area contributed by atoms with Crippen molar-refractivity contribution in [2.45, 2.75) is 4.90 Å². The second-order valence-corrected chi connectivity index (χ2v) is 8.96. The van der Waals surface area contributed by atoms with Gasteiger partial charge in [0.15, 0.2) is 6.61 Å². The molecule has 0 N–H and O–H groups in total. The molecular formula is C19H18ClN3O7S. The van der Waals surface area contributed by atoms with Crippen LogP contribution >= 0.6 is 11.6 Å². The summed E-state index contributed by atoms with van der Waals surface area (Å²) in [5.41, 5.74) is -0.667. The Morgan fingerprint density at radius 3 is 2.26 bits per heavy atom. The van der Waals surface area contributed by atoms with Gasteiger partial charge in [0.05, 0.1) is 9.82 Å². The second kappa shape index (κ2) is 9.41. The SMILES string of the molecule is O=C(OCC(=O)N1CCN(S(=O)(=O)c2ccc(Cl)cc2)CC1)c1ccccc1[N+](=O)[O-]. The first-order valence-corrected chi connectivity index (χ1v) is 11.0. The van der Waals surface area contributed by atoms with Crippen LogP contribution in [0.2, 0.25) is 5.02 Å². The van der Waals surface area contributed by atoms with E-state index < -0.39 is 39.1 Å². The molecule has 0 spiro atoms. The summed E-state index contributed by atoms with van der Waals surface area (Å²) in [5.74, 6) is -1.50.